The first-order valence-corrected chi connectivity index (χ1v) is 8.68. The van der Waals surface area contributed by atoms with E-state index < -0.39 is 16.0 Å². The van der Waals surface area contributed by atoms with E-state index in [1.54, 1.807) is 12.1 Å². The number of rotatable bonds is 9. The summed E-state index contributed by atoms with van der Waals surface area (Å²) in [6.07, 6.45) is 2.11. The van der Waals surface area contributed by atoms with Gasteiger partial charge in [-0.25, -0.2) is 13.1 Å². The SMILES string of the molecule is CCC(CCNS(=O)(=O)c1cccc(Cl)c1)CCC(=O)O. The molecule has 2 N–H and O–H groups in total. The van der Waals surface area contributed by atoms with Gasteiger partial charge in [-0.2, -0.15) is 0 Å². The van der Waals surface area contributed by atoms with Crippen LogP contribution in [0.15, 0.2) is 29.2 Å². The molecule has 21 heavy (non-hydrogen) atoms. The maximum Gasteiger partial charge on any atom is 0.303 e. The second-order valence-electron chi connectivity index (χ2n) is 4.85. The molecule has 0 saturated heterocycles. The smallest absolute Gasteiger partial charge is 0.303 e. The molecule has 1 rings (SSSR count). The average Bonchev–Trinajstić information content (AvgIpc) is 2.42. The van der Waals surface area contributed by atoms with E-state index in [1.165, 1.54) is 12.1 Å². The van der Waals surface area contributed by atoms with Crippen LogP contribution in [0, 0.1) is 5.92 Å². The molecule has 0 aliphatic rings. The molecule has 1 atom stereocenters. The van der Waals surface area contributed by atoms with Crippen molar-refractivity contribution in [3.8, 4) is 0 Å². The standard InChI is InChI=1S/C14H20ClNO4S/c1-2-11(6-7-14(17)18)8-9-16-21(19,20)13-5-3-4-12(15)10-13/h3-5,10-11,16H,2,6-9H2,1H3,(H,17,18). The Hall–Kier alpha value is -1.11. The molecule has 0 aromatic heterocycles. The predicted octanol–water partition coefficient (Wildman–Crippen LogP) is 2.90. The number of carbonyl (C=O) groups is 1. The summed E-state index contributed by atoms with van der Waals surface area (Å²) in [4.78, 5) is 10.7. The van der Waals surface area contributed by atoms with E-state index in [-0.39, 0.29) is 23.8 Å². The summed E-state index contributed by atoms with van der Waals surface area (Å²) in [7, 11) is -3.57. The van der Waals surface area contributed by atoms with Crippen LogP contribution in [-0.4, -0.2) is 26.0 Å². The second-order valence-corrected chi connectivity index (χ2v) is 7.05. The van der Waals surface area contributed by atoms with Crippen molar-refractivity contribution in [1.82, 2.24) is 4.72 Å². The van der Waals surface area contributed by atoms with Crippen molar-refractivity contribution in [2.24, 2.45) is 5.92 Å². The highest BCUT2D eigenvalue weighted by Gasteiger charge is 2.15. The van der Waals surface area contributed by atoms with Crippen LogP contribution in [0.4, 0.5) is 0 Å². The first kappa shape index (κ1) is 17.9. The van der Waals surface area contributed by atoms with Gasteiger partial charge in [-0.15, -0.1) is 0 Å². The third-order valence-corrected chi connectivity index (χ3v) is 4.99. The van der Waals surface area contributed by atoms with Crippen LogP contribution in [0.3, 0.4) is 0 Å². The van der Waals surface area contributed by atoms with Crippen LogP contribution in [0.2, 0.25) is 5.02 Å². The maximum absolute atomic E-state index is 12.1. The van der Waals surface area contributed by atoms with Gasteiger partial charge in [-0.1, -0.05) is 31.0 Å². The Kier molecular flexibility index (Phi) is 7.14. The molecule has 0 heterocycles. The molecular formula is C14H20ClNO4S. The van der Waals surface area contributed by atoms with Crippen LogP contribution in [0.25, 0.3) is 0 Å². The van der Waals surface area contributed by atoms with Crippen LogP contribution < -0.4 is 4.72 Å². The molecule has 0 fully saturated rings. The highest BCUT2D eigenvalue weighted by molar-refractivity contribution is 7.89. The van der Waals surface area contributed by atoms with Crippen molar-refractivity contribution in [3.63, 3.8) is 0 Å². The summed E-state index contributed by atoms with van der Waals surface area (Å²) in [6.45, 7) is 2.25. The normalized spacial score (nSPS) is 13.0. The van der Waals surface area contributed by atoms with E-state index in [0.29, 0.717) is 17.9 Å². The van der Waals surface area contributed by atoms with Crippen molar-refractivity contribution in [1.29, 1.82) is 0 Å². The Morgan fingerprint density at radius 2 is 2.10 bits per heavy atom. The van der Waals surface area contributed by atoms with E-state index >= 15 is 0 Å². The third-order valence-electron chi connectivity index (χ3n) is 3.29. The fourth-order valence-corrected chi connectivity index (χ4v) is 3.34. The molecule has 1 aromatic carbocycles. The molecule has 0 amide bonds. The van der Waals surface area contributed by atoms with E-state index in [2.05, 4.69) is 4.72 Å². The van der Waals surface area contributed by atoms with Gasteiger partial charge < -0.3 is 5.11 Å². The Morgan fingerprint density at radius 3 is 2.67 bits per heavy atom. The van der Waals surface area contributed by atoms with Gasteiger partial charge in [-0.3, -0.25) is 4.79 Å². The molecular weight excluding hydrogens is 314 g/mol. The zero-order chi connectivity index (χ0) is 15.9. The zero-order valence-electron chi connectivity index (χ0n) is 11.9. The summed E-state index contributed by atoms with van der Waals surface area (Å²) in [5.74, 6) is -0.629. The topological polar surface area (TPSA) is 83.5 Å². The highest BCUT2D eigenvalue weighted by Crippen LogP contribution is 2.17. The van der Waals surface area contributed by atoms with E-state index in [0.717, 1.165) is 6.42 Å². The number of benzene rings is 1. The van der Waals surface area contributed by atoms with Gasteiger partial charge in [-0.05, 0) is 37.0 Å². The largest absolute Gasteiger partial charge is 0.481 e. The lowest BCUT2D eigenvalue weighted by Crippen LogP contribution is -2.26. The molecule has 1 aromatic rings. The zero-order valence-corrected chi connectivity index (χ0v) is 13.5. The molecule has 7 heteroatoms. The average molecular weight is 334 g/mol. The Morgan fingerprint density at radius 1 is 1.38 bits per heavy atom. The van der Waals surface area contributed by atoms with Crippen molar-refractivity contribution >= 4 is 27.6 Å². The molecule has 5 nitrogen and oxygen atoms in total. The molecule has 1 unspecified atom stereocenters. The molecule has 0 aliphatic carbocycles. The number of sulfonamides is 1. The lowest BCUT2D eigenvalue weighted by atomic mass is 9.97. The first-order valence-electron chi connectivity index (χ1n) is 6.82. The first-order chi connectivity index (χ1) is 9.85. The maximum atomic E-state index is 12.1. The van der Waals surface area contributed by atoms with Gasteiger partial charge in [0, 0.05) is 18.0 Å². The minimum Gasteiger partial charge on any atom is -0.481 e. The number of hydrogen-bond donors (Lipinski definition) is 2. The number of nitrogens with one attached hydrogen (secondary N) is 1. The second kappa shape index (κ2) is 8.36. The van der Waals surface area contributed by atoms with Crippen molar-refractivity contribution in [2.45, 2.75) is 37.5 Å². The Labute approximate surface area is 130 Å². The van der Waals surface area contributed by atoms with Gasteiger partial charge in [0.25, 0.3) is 0 Å². The van der Waals surface area contributed by atoms with Crippen LogP contribution in [0.5, 0.6) is 0 Å². The van der Waals surface area contributed by atoms with Crippen molar-refractivity contribution in [3.05, 3.63) is 29.3 Å². The fraction of sp³-hybridized carbons (Fsp3) is 0.500. The number of carboxylic acids is 1. The van der Waals surface area contributed by atoms with E-state index in [4.69, 9.17) is 16.7 Å². The molecule has 0 aliphatic heterocycles. The summed E-state index contributed by atoms with van der Waals surface area (Å²) < 4.78 is 26.6. The summed E-state index contributed by atoms with van der Waals surface area (Å²) in [6, 6.07) is 6.07. The monoisotopic (exact) mass is 333 g/mol. The summed E-state index contributed by atoms with van der Waals surface area (Å²) >= 11 is 5.78. The van der Waals surface area contributed by atoms with Crippen LogP contribution in [0.1, 0.15) is 32.6 Å². The minimum atomic E-state index is -3.57. The van der Waals surface area contributed by atoms with Crippen LogP contribution in [-0.2, 0) is 14.8 Å². The number of hydrogen-bond acceptors (Lipinski definition) is 3. The van der Waals surface area contributed by atoms with Gasteiger partial charge in [0.2, 0.25) is 10.0 Å². The number of carboxylic acid groups (broad SMARTS) is 1. The highest BCUT2D eigenvalue weighted by atomic mass is 35.5. The lowest BCUT2D eigenvalue weighted by molar-refractivity contribution is -0.137. The fourth-order valence-electron chi connectivity index (χ4n) is 2.00. The quantitative estimate of drug-likeness (QED) is 0.727. The summed E-state index contributed by atoms with van der Waals surface area (Å²) in [5, 5.41) is 9.03. The molecule has 118 valence electrons. The van der Waals surface area contributed by atoms with Crippen LogP contribution >= 0.6 is 11.6 Å². The van der Waals surface area contributed by atoms with Gasteiger partial charge >= 0.3 is 5.97 Å². The lowest BCUT2D eigenvalue weighted by Gasteiger charge is -2.14. The van der Waals surface area contributed by atoms with Gasteiger partial charge in [0.1, 0.15) is 0 Å². The predicted molar refractivity (Wildman–Crippen MR) is 81.9 cm³/mol. The van der Waals surface area contributed by atoms with Gasteiger partial charge in [0.15, 0.2) is 0 Å². The third kappa shape index (κ3) is 6.46. The van der Waals surface area contributed by atoms with Crippen molar-refractivity contribution < 1.29 is 18.3 Å². The Balaban J connectivity index is 2.51. The van der Waals surface area contributed by atoms with Crippen molar-refractivity contribution in [2.75, 3.05) is 6.54 Å². The molecule has 0 spiro atoms. The number of aliphatic carboxylic acids is 1. The van der Waals surface area contributed by atoms with Gasteiger partial charge in [0.05, 0.1) is 4.90 Å². The molecule has 0 radical (unpaired) electrons. The minimum absolute atomic E-state index is 0.111. The molecule has 0 saturated carbocycles. The Bertz CT molecular complexity index is 574. The molecule has 0 bridgehead atoms. The van der Waals surface area contributed by atoms with E-state index in [9.17, 15) is 13.2 Å². The number of halogens is 1. The van der Waals surface area contributed by atoms with E-state index in [1.807, 2.05) is 6.92 Å². The summed E-state index contributed by atoms with van der Waals surface area (Å²) in [5.41, 5.74) is 0.